The minimum atomic E-state index is -0.369. The standard InChI is InChI=1S/C13H16ClNO2.ClH/c1-8-4-5-9(6-10(8)14)11-13(2,3)7-17-12(16)15-11;/h4-6,11H,7H2,1-3H3,(H,15,16);1H/t11-;/m1./s1. The van der Waals surface area contributed by atoms with Crippen molar-refractivity contribution in [2.24, 2.45) is 5.41 Å². The van der Waals surface area contributed by atoms with Crippen LogP contribution >= 0.6 is 24.0 Å². The van der Waals surface area contributed by atoms with Crippen molar-refractivity contribution in [1.82, 2.24) is 5.32 Å². The van der Waals surface area contributed by atoms with Crippen LogP contribution in [-0.2, 0) is 4.74 Å². The fourth-order valence-corrected chi connectivity index (χ4v) is 2.20. The highest BCUT2D eigenvalue weighted by molar-refractivity contribution is 6.31. The Morgan fingerprint density at radius 2 is 2.11 bits per heavy atom. The first-order valence-electron chi connectivity index (χ1n) is 5.59. The maximum atomic E-state index is 11.3. The molecule has 1 saturated heterocycles. The summed E-state index contributed by atoms with van der Waals surface area (Å²) in [5, 5.41) is 3.57. The van der Waals surface area contributed by atoms with Crippen LogP contribution in [-0.4, -0.2) is 12.7 Å². The highest BCUT2D eigenvalue weighted by atomic mass is 35.5. The monoisotopic (exact) mass is 289 g/mol. The molecule has 1 heterocycles. The zero-order valence-electron chi connectivity index (χ0n) is 10.6. The summed E-state index contributed by atoms with van der Waals surface area (Å²) in [6.07, 6.45) is -0.369. The third-order valence-electron chi connectivity index (χ3n) is 3.15. The Morgan fingerprint density at radius 1 is 1.44 bits per heavy atom. The molecule has 1 atom stereocenters. The molecule has 3 nitrogen and oxygen atoms in total. The predicted molar refractivity (Wildman–Crippen MR) is 74.4 cm³/mol. The van der Waals surface area contributed by atoms with Gasteiger partial charge >= 0.3 is 6.09 Å². The third kappa shape index (κ3) is 2.90. The number of rotatable bonds is 1. The SMILES string of the molecule is Cc1ccc([C@H]2NC(=O)OCC2(C)C)cc1Cl.Cl. The summed E-state index contributed by atoms with van der Waals surface area (Å²) in [7, 11) is 0. The zero-order chi connectivity index (χ0) is 12.6. The van der Waals surface area contributed by atoms with E-state index in [-0.39, 0.29) is 30.0 Å². The lowest BCUT2D eigenvalue weighted by Gasteiger charge is -2.38. The molecule has 1 amide bonds. The Kier molecular flexibility index (Phi) is 4.51. The van der Waals surface area contributed by atoms with Crippen molar-refractivity contribution in [2.75, 3.05) is 6.61 Å². The minimum Gasteiger partial charge on any atom is -0.449 e. The first-order chi connectivity index (χ1) is 7.90. The van der Waals surface area contributed by atoms with Crippen molar-refractivity contribution >= 4 is 30.1 Å². The molecule has 18 heavy (non-hydrogen) atoms. The summed E-state index contributed by atoms with van der Waals surface area (Å²) >= 11 is 6.12. The summed E-state index contributed by atoms with van der Waals surface area (Å²) in [4.78, 5) is 11.3. The Bertz CT molecular complexity index is 460. The molecule has 1 aromatic rings. The van der Waals surface area contributed by atoms with Gasteiger partial charge in [-0.2, -0.15) is 0 Å². The summed E-state index contributed by atoms with van der Waals surface area (Å²) in [5.74, 6) is 0. The molecule has 1 aliphatic rings. The summed E-state index contributed by atoms with van der Waals surface area (Å²) in [5.41, 5.74) is 1.90. The van der Waals surface area contributed by atoms with E-state index < -0.39 is 0 Å². The van der Waals surface area contributed by atoms with E-state index in [0.717, 1.165) is 16.1 Å². The molecular formula is C13H17Cl2NO2. The van der Waals surface area contributed by atoms with Gasteiger partial charge in [-0.05, 0) is 24.1 Å². The molecule has 0 bridgehead atoms. The van der Waals surface area contributed by atoms with Gasteiger partial charge in [-0.25, -0.2) is 4.79 Å². The molecular weight excluding hydrogens is 273 g/mol. The van der Waals surface area contributed by atoms with E-state index in [1.54, 1.807) is 0 Å². The average molecular weight is 290 g/mol. The van der Waals surface area contributed by atoms with Crippen molar-refractivity contribution in [3.63, 3.8) is 0 Å². The second-order valence-electron chi connectivity index (χ2n) is 5.15. The molecule has 0 radical (unpaired) electrons. The fourth-order valence-electron chi connectivity index (χ4n) is 2.01. The van der Waals surface area contributed by atoms with Gasteiger partial charge in [0.15, 0.2) is 0 Å². The second-order valence-corrected chi connectivity index (χ2v) is 5.56. The van der Waals surface area contributed by atoms with Crippen LogP contribution in [0.2, 0.25) is 5.02 Å². The lowest BCUT2D eigenvalue weighted by molar-refractivity contribution is 0.0387. The number of alkyl carbamates (subject to hydrolysis) is 1. The lowest BCUT2D eigenvalue weighted by atomic mass is 9.80. The van der Waals surface area contributed by atoms with Crippen LogP contribution in [0, 0.1) is 12.3 Å². The van der Waals surface area contributed by atoms with Crippen LogP contribution in [0.25, 0.3) is 0 Å². The number of carbonyl (C=O) groups is 1. The highest BCUT2D eigenvalue weighted by Gasteiger charge is 2.37. The lowest BCUT2D eigenvalue weighted by Crippen LogP contribution is -2.46. The largest absolute Gasteiger partial charge is 0.449 e. The van der Waals surface area contributed by atoms with Crippen molar-refractivity contribution in [3.8, 4) is 0 Å². The van der Waals surface area contributed by atoms with E-state index in [0.29, 0.717) is 6.61 Å². The molecule has 0 unspecified atom stereocenters. The molecule has 2 rings (SSSR count). The highest BCUT2D eigenvalue weighted by Crippen LogP contribution is 2.37. The number of halogens is 2. The van der Waals surface area contributed by atoms with Crippen LogP contribution < -0.4 is 5.32 Å². The van der Waals surface area contributed by atoms with E-state index in [1.807, 2.05) is 25.1 Å². The minimum absolute atomic E-state index is 0. The van der Waals surface area contributed by atoms with Crippen LogP contribution in [0.15, 0.2) is 18.2 Å². The maximum absolute atomic E-state index is 11.3. The number of aryl methyl sites for hydroxylation is 1. The van der Waals surface area contributed by atoms with E-state index in [2.05, 4.69) is 19.2 Å². The number of hydrogen-bond acceptors (Lipinski definition) is 2. The van der Waals surface area contributed by atoms with Crippen LogP contribution in [0.4, 0.5) is 4.79 Å². The van der Waals surface area contributed by atoms with E-state index in [4.69, 9.17) is 16.3 Å². The van der Waals surface area contributed by atoms with Gasteiger partial charge in [0.2, 0.25) is 0 Å². The summed E-state index contributed by atoms with van der Waals surface area (Å²) in [6.45, 7) is 6.49. The topological polar surface area (TPSA) is 38.3 Å². The molecule has 1 aromatic carbocycles. The third-order valence-corrected chi connectivity index (χ3v) is 3.56. The molecule has 1 N–H and O–H groups in total. The van der Waals surface area contributed by atoms with Gasteiger partial charge in [-0.3, -0.25) is 0 Å². The maximum Gasteiger partial charge on any atom is 0.407 e. The predicted octanol–water partition coefficient (Wildman–Crippen LogP) is 3.88. The van der Waals surface area contributed by atoms with Gasteiger partial charge in [0.1, 0.15) is 6.61 Å². The van der Waals surface area contributed by atoms with Crippen molar-refractivity contribution in [2.45, 2.75) is 26.8 Å². The van der Waals surface area contributed by atoms with E-state index in [1.165, 1.54) is 0 Å². The number of nitrogens with one attached hydrogen (secondary N) is 1. The first kappa shape index (κ1) is 15.1. The van der Waals surface area contributed by atoms with Gasteiger partial charge < -0.3 is 10.1 Å². The first-order valence-corrected chi connectivity index (χ1v) is 5.97. The Balaban J connectivity index is 0.00000162. The normalized spacial score (nSPS) is 21.6. The summed E-state index contributed by atoms with van der Waals surface area (Å²) in [6, 6.07) is 5.81. The Labute approximate surface area is 118 Å². The van der Waals surface area contributed by atoms with Gasteiger partial charge in [0.25, 0.3) is 0 Å². The van der Waals surface area contributed by atoms with Gasteiger partial charge in [-0.1, -0.05) is 37.6 Å². The zero-order valence-corrected chi connectivity index (χ0v) is 12.2. The quantitative estimate of drug-likeness (QED) is 0.852. The van der Waals surface area contributed by atoms with Crippen molar-refractivity contribution in [3.05, 3.63) is 34.3 Å². The van der Waals surface area contributed by atoms with Crippen LogP contribution in [0.3, 0.4) is 0 Å². The Hall–Kier alpha value is -0.930. The number of amides is 1. The number of hydrogen-bond donors (Lipinski definition) is 1. The van der Waals surface area contributed by atoms with Crippen molar-refractivity contribution < 1.29 is 9.53 Å². The fraction of sp³-hybridized carbons (Fsp3) is 0.462. The molecule has 5 heteroatoms. The summed E-state index contributed by atoms with van der Waals surface area (Å²) < 4.78 is 5.02. The van der Waals surface area contributed by atoms with Crippen LogP contribution in [0.1, 0.15) is 31.0 Å². The molecule has 100 valence electrons. The number of cyclic esters (lactones) is 1. The van der Waals surface area contributed by atoms with Gasteiger partial charge in [0, 0.05) is 10.4 Å². The number of ether oxygens (including phenoxy) is 1. The van der Waals surface area contributed by atoms with Crippen LogP contribution in [0.5, 0.6) is 0 Å². The van der Waals surface area contributed by atoms with E-state index >= 15 is 0 Å². The second kappa shape index (κ2) is 5.37. The molecule has 0 aromatic heterocycles. The number of carbonyl (C=O) groups excluding carboxylic acids is 1. The molecule has 1 aliphatic heterocycles. The molecule has 0 saturated carbocycles. The van der Waals surface area contributed by atoms with Gasteiger partial charge in [-0.15, -0.1) is 12.4 Å². The van der Waals surface area contributed by atoms with Gasteiger partial charge in [0.05, 0.1) is 6.04 Å². The average Bonchev–Trinajstić information content (AvgIpc) is 2.26. The molecule has 1 fully saturated rings. The number of benzene rings is 1. The smallest absolute Gasteiger partial charge is 0.407 e. The Morgan fingerprint density at radius 3 is 2.72 bits per heavy atom. The molecule has 0 aliphatic carbocycles. The van der Waals surface area contributed by atoms with Crippen molar-refractivity contribution in [1.29, 1.82) is 0 Å². The van der Waals surface area contributed by atoms with E-state index in [9.17, 15) is 4.79 Å². The molecule has 0 spiro atoms.